The highest BCUT2D eigenvalue weighted by Crippen LogP contribution is 2.19. The molecule has 0 amide bonds. The molecule has 0 bridgehead atoms. The molecular weight excluding hydrogens is 281 g/mol. The summed E-state index contributed by atoms with van der Waals surface area (Å²) in [7, 11) is 0. The van der Waals surface area contributed by atoms with Gasteiger partial charge in [0.15, 0.2) is 6.29 Å². The molecule has 0 aromatic heterocycles. The van der Waals surface area contributed by atoms with Gasteiger partial charge >= 0.3 is 0 Å². The molecule has 4 heteroatoms. The minimum atomic E-state index is -0.509. The molecule has 0 saturated carbocycles. The molecule has 0 aliphatic heterocycles. The number of hydrogen-bond acceptors (Lipinski definition) is 1. The molecule has 0 aliphatic rings. The Kier molecular flexibility index (Phi) is 2.84. The first-order valence-electron chi connectivity index (χ1n) is 2.75. The predicted molar refractivity (Wildman–Crippen MR) is 49.5 cm³/mol. The Balaban J connectivity index is 3.35. The number of hydrogen-bond donors (Lipinski definition) is 0. The lowest BCUT2D eigenvalue weighted by atomic mass is 10.2. The third-order valence-electron chi connectivity index (χ3n) is 1.15. The number of benzene rings is 1. The third-order valence-corrected chi connectivity index (χ3v) is 2.15. The number of carbonyl (C=O) groups is 1. The Morgan fingerprint density at radius 1 is 1.55 bits per heavy atom. The van der Waals surface area contributed by atoms with E-state index in [2.05, 4.69) is 0 Å². The number of rotatable bonds is 1. The average Bonchev–Trinajstić information content (AvgIpc) is 1.96. The van der Waals surface area contributed by atoms with Crippen molar-refractivity contribution in [1.29, 1.82) is 0 Å². The zero-order chi connectivity index (χ0) is 8.43. The van der Waals surface area contributed by atoms with Crippen molar-refractivity contribution in [1.82, 2.24) is 0 Å². The molecule has 1 rings (SSSR count). The van der Waals surface area contributed by atoms with Crippen molar-refractivity contribution in [2.24, 2.45) is 0 Å². The van der Waals surface area contributed by atoms with E-state index in [4.69, 9.17) is 11.6 Å². The monoisotopic (exact) mass is 284 g/mol. The maximum Gasteiger partial charge on any atom is 0.153 e. The SMILES string of the molecule is O=Cc1cc(Cl)cc(I)c1F. The molecule has 0 atom stereocenters. The number of carbonyl (C=O) groups excluding carboxylic acids is 1. The molecule has 0 N–H and O–H groups in total. The minimum absolute atomic E-state index is 0.00176. The number of halogens is 3. The first kappa shape index (κ1) is 8.93. The maximum atomic E-state index is 12.9. The third kappa shape index (κ3) is 1.90. The van der Waals surface area contributed by atoms with Gasteiger partial charge in [-0.3, -0.25) is 4.79 Å². The van der Waals surface area contributed by atoms with E-state index in [0.717, 1.165) is 0 Å². The summed E-state index contributed by atoms with van der Waals surface area (Å²) in [6.45, 7) is 0. The highest BCUT2D eigenvalue weighted by atomic mass is 127. The second-order valence-electron chi connectivity index (χ2n) is 1.91. The zero-order valence-corrected chi connectivity index (χ0v) is 8.19. The molecule has 11 heavy (non-hydrogen) atoms. The van der Waals surface area contributed by atoms with Crippen LogP contribution in [0.5, 0.6) is 0 Å². The largest absolute Gasteiger partial charge is 0.298 e. The summed E-state index contributed by atoms with van der Waals surface area (Å²) < 4.78 is 13.2. The van der Waals surface area contributed by atoms with Gasteiger partial charge in [0.1, 0.15) is 5.82 Å². The van der Waals surface area contributed by atoms with Crippen LogP contribution in [0.4, 0.5) is 4.39 Å². The summed E-state index contributed by atoms with van der Waals surface area (Å²) in [5.41, 5.74) is 0.00176. The van der Waals surface area contributed by atoms with Crippen LogP contribution < -0.4 is 0 Å². The fraction of sp³-hybridized carbons (Fsp3) is 0. The smallest absolute Gasteiger partial charge is 0.153 e. The first-order valence-corrected chi connectivity index (χ1v) is 4.20. The van der Waals surface area contributed by atoms with Gasteiger partial charge in [0.25, 0.3) is 0 Å². The van der Waals surface area contributed by atoms with Gasteiger partial charge in [-0.2, -0.15) is 0 Å². The molecule has 58 valence electrons. The van der Waals surface area contributed by atoms with E-state index in [0.29, 0.717) is 14.9 Å². The summed E-state index contributed by atoms with van der Waals surface area (Å²) in [5, 5.41) is 0.373. The standard InChI is InChI=1S/C7H3ClFIO/c8-5-1-4(3-11)7(9)6(10)2-5/h1-3H. The van der Waals surface area contributed by atoms with Crippen molar-refractivity contribution in [3.8, 4) is 0 Å². The summed E-state index contributed by atoms with van der Waals surface area (Å²) in [6.07, 6.45) is 0.448. The fourth-order valence-electron chi connectivity index (χ4n) is 0.662. The van der Waals surface area contributed by atoms with Crippen molar-refractivity contribution in [3.63, 3.8) is 0 Å². The number of aldehydes is 1. The van der Waals surface area contributed by atoms with E-state index >= 15 is 0 Å². The normalized spacial score (nSPS) is 9.73. The van der Waals surface area contributed by atoms with Crippen LogP contribution in [0, 0.1) is 9.39 Å². The Labute approximate surface area is 81.7 Å². The Bertz CT molecular complexity index is 301. The summed E-state index contributed by atoms with van der Waals surface area (Å²) in [6, 6.07) is 2.76. The van der Waals surface area contributed by atoms with E-state index in [1.54, 1.807) is 22.6 Å². The molecule has 1 aromatic rings. The van der Waals surface area contributed by atoms with Gasteiger partial charge < -0.3 is 0 Å². The second kappa shape index (κ2) is 3.49. The van der Waals surface area contributed by atoms with Crippen LogP contribution in [0.25, 0.3) is 0 Å². The van der Waals surface area contributed by atoms with Gasteiger partial charge in [-0.15, -0.1) is 0 Å². The van der Waals surface area contributed by atoms with Crippen LogP contribution in [-0.2, 0) is 0 Å². The minimum Gasteiger partial charge on any atom is -0.298 e. The van der Waals surface area contributed by atoms with E-state index in [1.807, 2.05) is 0 Å². The van der Waals surface area contributed by atoms with Crippen LogP contribution >= 0.6 is 34.2 Å². The molecule has 0 aliphatic carbocycles. The maximum absolute atomic E-state index is 12.9. The van der Waals surface area contributed by atoms with Crippen LogP contribution in [0.2, 0.25) is 5.02 Å². The summed E-state index contributed by atoms with van der Waals surface area (Å²) >= 11 is 7.35. The summed E-state index contributed by atoms with van der Waals surface area (Å²) in [5.74, 6) is -0.509. The van der Waals surface area contributed by atoms with E-state index in [1.165, 1.54) is 12.1 Å². The average molecular weight is 284 g/mol. The van der Waals surface area contributed by atoms with Gasteiger partial charge in [0.05, 0.1) is 9.13 Å². The lowest BCUT2D eigenvalue weighted by molar-refractivity contribution is 0.111. The zero-order valence-electron chi connectivity index (χ0n) is 5.27. The van der Waals surface area contributed by atoms with Crippen molar-refractivity contribution in [2.45, 2.75) is 0 Å². The molecule has 1 nitrogen and oxygen atoms in total. The molecule has 0 radical (unpaired) electrons. The van der Waals surface area contributed by atoms with E-state index in [9.17, 15) is 9.18 Å². The molecule has 0 unspecified atom stereocenters. The highest BCUT2D eigenvalue weighted by molar-refractivity contribution is 14.1. The van der Waals surface area contributed by atoms with E-state index < -0.39 is 5.82 Å². The summed E-state index contributed by atoms with van der Waals surface area (Å²) in [4.78, 5) is 10.2. The second-order valence-corrected chi connectivity index (χ2v) is 3.51. The van der Waals surface area contributed by atoms with Crippen LogP contribution in [-0.4, -0.2) is 6.29 Å². The van der Waals surface area contributed by atoms with E-state index in [-0.39, 0.29) is 5.56 Å². The lowest BCUT2D eigenvalue weighted by Gasteiger charge is -1.97. The van der Waals surface area contributed by atoms with Gasteiger partial charge in [0.2, 0.25) is 0 Å². The molecule has 0 saturated heterocycles. The van der Waals surface area contributed by atoms with Crippen LogP contribution in [0.3, 0.4) is 0 Å². The lowest BCUT2D eigenvalue weighted by Crippen LogP contribution is -1.90. The molecule has 0 heterocycles. The quantitative estimate of drug-likeness (QED) is 0.440. The fourth-order valence-corrected chi connectivity index (χ4v) is 1.72. The van der Waals surface area contributed by atoms with Gasteiger partial charge in [0, 0.05) is 5.02 Å². The Hall–Kier alpha value is -0.160. The van der Waals surface area contributed by atoms with Crippen LogP contribution in [0.15, 0.2) is 12.1 Å². The molecule has 0 fully saturated rings. The first-order chi connectivity index (χ1) is 5.15. The Morgan fingerprint density at radius 2 is 2.18 bits per heavy atom. The predicted octanol–water partition coefficient (Wildman–Crippen LogP) is 2.90. The van der Waals surface area contributed by atoms with Crippen molar-refractivity contribution in [3.05, 3.63) is 32.1 Å². The van der Waals surface area contributed by atoms with Crippen molar-refractivity contribution in [2.75, 3.05) is 0 Å². The van der Waals surface area contributed by atoms with Gasteiger partial charge in [-0.05, 0) is 34.7 Å². The van der Waals surface area contributed by atoms with Crippen molar-refractivity contribution < 1.29 is 9.18 Å². The van der Waals surface area contributed by atoms with Crippen LogP contribution in [0.1, 0.15) is 10.4 Å². The highest BCUT2D eigenvalue weighted by Gasteiger charge is 2.06. The molecular formula is C7H3ClFIO. The molecule has 1 aromatic carbocycles. The molecule has 0 spiro atoms. The Morgan fingerprint density at radius 3 is 2.73 bits per heavy atom. The topological polar surface area (TPSA) is 17.1 Å². The van der Waals surface area contributed by atoms with Gasteiger partial charge in [-0.25, -0.2) is 4.39 Å². The van der Waals surface area contributed by atoms with Gasteiger partial charge in [-0.1, -0.05) is 11.6 Å². The van der Waals surface area contributed by atoms with Crippen molar-refractivity contribution >= 4 is 40.5 Å².